The van der Waals surface area contributed by atoms with Gasteiger partial charge < -0.3 is 5.11 Å². The number of ketones is 1. The Morgan fingerprint density at radius 2 is 1.86 bits per heavy atom. The lowest BCUT2D eigenvalue weighted by atomic mass is 9.94. The third-order valence-electron chi connectivity index (χ3n) is 4.22. The number of allylic oxidation sites excluding steroid dienone is 6. The fraction of sp³-hybridized carbons (Fsp3) is 0.650. The highest BCUT2D eigenvalue weighted by Crippen LogP contribution is 2.27. The standard InChI is InChI=1S/C20H32O2/c1-2-3-4-5-8-11-14-19-18(15-16-20(19)22)13-10-7-6-9-12-17-21/h8,11,14-16,18,21H,2-7,9-10,12-13,17H2,1H3/t18-/m0/s1. The van der Waals surface area contributed by atoms with E-state index in [1.165, 1.54) is 32.1 Å². The molecule has 0 aromatic rings. The Morgan fingerprint density at radius 1 is 1.09 bits per heavy atom. The van der Waals surface area contributed by atoms with Gasteiger partial charge in [0.2, 0.25) is 0 Å². The van der Waals surface area contributed by atoms with Gasteiger partial charge >= 0.3 is 0 Å². The van der Waals surface area contributed by atoms with Crippen molar-refractivity contribution in [1.29, 1.82) is 0 Å². The van der Waals surface area contributed by atoms with Gasteiger partial charge in [-0.3, -0.25) is 4.79 Å². The first-order chi connectivity index (χ1) is 10.8. The Kier molecular flexibility index (Phi) is 10.7. The molecule has 0 heterocycles. The summed E-state index contributed by atoms with van der Waals surface area (Å²) in [6.07, 6.45) is 21.5. The average Bonchev–Trinajstić information content (AvgIpc) is 2.87. The molecular formula is C20H32O2. The lowest BCUT2D eigenvalue weighted by molar-refractivity contribution is -0.111. The fourth-order valence-electron chi connectivity index (χ4n) is 2.83. The van der Waals surface area contributed by atoms with Gasteiger partial charge in [0.15, 0.2) is 5.78 Å². The minimum Gasteiger partial charge on any atom is -0.396 e. The van der Waals surface area contributed by atoms with Crippen molar-refractivity contribution in [2.45, 2.75) is 71.1 Å². The number of aliphatic hydroxyl groups is 1. The summed E-state index contributed by atoms with van der Waals surface area (Å²) in [5, 5.41) is 8.75. The van der Waals surface area contributed by atoms with Gasteiger partial charge in [0.25, 0.3) is 0 Å². The summed E-state index contributed by atoms with van der Waals surface area (Å²) in [6, 6.07) is 0. The van der Waals surface area contributed by atoms with Crippen LogP contribution in [0.4, 0.5) is 0 Å². The maximum Gasteiger partial charge on any atom is 0.182 e. The topological polar surface area (TPSA) is 37.3 Å². The second-order valence-corrected chi connectivity index (χ2v) is 6.16. The molecule has 0 bridgehead atoms. The number of unbranched alkanes of at least 4 members (excludes halogenated alkanes) is 7. The molecule has 1 rings (SSSR count). The van der Waals surface area contributed by atoms with Crippen molar-refractivity contribution in [3.05, 3.63) is 36.0 Å². The van der Waals surface area contributed by atoms with Gasteiger partial charge in [0.1, 0.15) is 0 Å². The van der Waals surface area contributed by atoms with Gasteiger partial charge in [-0.05, 0) is 31.8 Å². The predicted octanol–water partition coefficient (Wildman–Crippen LogP) is 5.14. The molecule has 0 aromatic heterocycles. The van der Waals surface area contributed by atoms with Crippen LogP contribution in [0.3, 0.4) is 0 Å². The van der Waals surface area contributed by atoms with Gasteiger partial charge in [-0.25, -0.2) is 0 Å². The lowest BCUT2D eigenvalue weighted by Gasteiger charge is -2.09. The molecule has 1 atom stereocenters. The Balaban J connectivity index is 2.29. The van der Waals surface area contributed by atoms with Gasteiger partial charge in [-0.15, -0.1) is 0 Å². The SMILES string of the molecule is CCCCCC=CC=C1C(=O)C=C[C@@H]1CCCCCCCO. The third-order valence-corrected chi connectivity index (χ3v) is 4.22. The van der Waals surface area contributed by atoms with Crippen molar-refractivity contribution in [1.82, 2.24) is 0 Å². The summed E-state index contributed by atoms with van der Waals surface area (Å²) < 4.78 is 0. The minimum atomic E-state index is 0.184. The van der Waals surface area contributed by atoms with Crippen molar-refractivity contribution in [3.8, 4) is 0 Å². The summed E-state index contributed by atoms with van der Waals surface area (Å²) in [5.41, 5.74) is 0.960. The smallest absolute Gasteiger partial charge is 0.182 e. The van der Waals surface area contributed by atoms with Crippen LogP contribution >= 0.6 is 0 Å². The zero-order valence-corrected chi connectivity index (χ0v) is 14.1. The zero-order chi connectivity index (χ0) is 16.0. The summed E-state index contributed by atoms with van der Waals surface area (Å²) >= 11 is 0. The molecule has 0 amide bonds. The van der Waals surface area contributed by atoms with Crippen molar-refractivity contribution in [3.63, 3.8) is 0 Å². The molecule has 0 aromatic carbocycles. The molecule has 124 valence electrons. The van der Waals surface area contributed by atoms with Crippen molar-refractivity contribution in [2.24, 2.45) is 5.92 Å². The van der Waals surface area contributed by atoms with E-state index in [2.05, 4.69) is 25.2 Å². The molecule has 22 heavy (non-hydrogen) atoms. The maximum atomic E-state index is 11.9. The van der Waals surface area contributed by atoms with E-state index in [-0.39, 0.29) is 5.78 Å². The van der Waals surface area contributed by atoms with E-state index in [9.17, 15) is 4.79 Å². The fourth-order valence-corrected chi connectivity index (χ4v) is 2.83. The lowest BCUT2D eigenvalue weighted by Crippen LogP contribution is -2.02. The molecule has 2 heteroatoms. The van der Waals surface area contributed by atoms with Crippen LogP contribution in [0.25, 0.3) is 0 Å². The number of carbonyl (C=O) groups excluding carboxylic acids is 1. The van der Waals surface area contributed by atoms with Crippen LogP contribution in [0.5, 0.6) is 0 Å². The first kappa shape index (κ1) is 18.9. The van der Waals surface area contributed by atoms with E-state index in [0.29, 0.717) is 12.5 Å². The van der Waals surface area contributed by atoms with E-state index in [1.807, 2.05) is 6.08 Å². The monoisotopic (exact) mass is 304 g/mol. The van der Waals surface area contributed by atoms with Gasteiger partial charge in [0, 0.05) is 18.1 Å². The van der Waals surface area contributed by atoms with Crippen LogP contribution in [-0.2, 0) is 4.79 Å². The van der Waals surface area contributed by atoms with Gasteiger partial charge in [-0.1, -0.05) is 69.8 Å². The Morgan fingerprint density at radius 3 is 2.64 bits per heavy atom. The van der Waals surface area contributed by atoms with Gasteiger partial charge in [-0.2, -0.15) is 0 Å². The third kappa shape index (κ3) is 7.74. The molecule has 0 saturated carbocycles. The molecule has 0 fully saturated rings. The van der Waals surface area contributed by atoms with Crippen LogP contribution < -0.4 is 0 Å². The number of carbonyl (C=O) groups is 1. The van der Waals surface area contributed by atoms with E-state index in [0.717, 1.165) is 37.7 Å². The van der Waals surface area contributed by atoms with E-state index in [1.54, 1.807) is 6.08 Å². The average molecular weight is 304 g/mol. The molecule has 0 unspecified atom stereocenters. The van der Waals surface area contributed by atoms with Gasteiger partial charge in [0.05, 0.1) is 0 Å². The molecule has 0 saturated heterocycles. The highest BCUT2D eigenvalue weighted by atomic mass is 16.2. The van der Waals surface area contributed by atoms with Crippen LogP contribution in [-0.4, -0.2) is 17.5 Å². The number of hydrogen-bond donors (Lipinski definition) is 1. The molecule has 0 radical (unpaired) electrons. The summed E-state index contributed by atoms with van der Waals surface area (Å²) in [6.45, 7) is 2.51. The minimum absolute atomic E-state index is 0.184. The summed E-state index contributed by atoms with van der Waals surface area (Å²) in [4.78, 5) is 11.9. The Bertz CT molecular complexity index is 391. The maximum absolute atomic E-state index is 11.9. The van der Waals surface area contributed by atoms with E-state index in [4.69, 9.17) is 5.11 Å². The first-order valence-corrected chi connectivity index (χ1v) is 8.99. The highest BCUT2D eigenvalue weighted by molar-refractivity contribution is 6.07. The molecule has 2 nitrogen and oxygen atoms in total. The largest absolute Gasteiger partial charge is 0.396 e. The molecular weight excluding hydrogens is 272 g/mol. The van der Waals surface area contributed by atoms with Crippen molar-refractivity contribution in [2.75, 3.05) is 6.61 Å². The number of hydrogen-bond acceptors (Lipinski definition) is 2. The Labute approximate surface area is 136 Å². The summed E-state index contributed by atoms with van der Waals surface area (Å²) in [7, 11) is 0. The second kappa shape index (κ2) is 12.4. The van der Waals surface area contributed by atoms with E-state index < -0.39 is 0 Å². The van der Waals surface area contributed by atoms with Crippen LogP contribution in [0, 0.1) is 5.92 Å². The van der Waals surface area contributed by atoms with E-state index >= 15 is 0 Å². The quantitative estimate of drug-likeness (QED) is 0.400. The second-order valence-electron chi connectivity index (χ2n) is 6.16. The summed E-state index contributed by atoms with van der Waals surface area (Å²) in [5.74, 6) is 0.495. The van der Waals surface area contributed by atoms with Crippen LogP contribution in [0.2, 0.25) is 0 Å². The van der Waals surface area contributed by atoms with Crippen LogP contribution in [0.15, 0.2) is 36.0 Å². The predicted molar refractivity (Wildman–Crippen MR) is 93.8 cm³/mol. The zero-order valence-electron chi connectivity index (χ0n) is 14.1. The molecule has 0 spiro atoms. The first-order valence-electron chi connectivity index (χ1n) is 8.99. The number of aliphatic hydroxyl groups excluding tert-OH is 1. The number of rotatable bonds is 12. The Hall–Kier alpha value is -1.15. The normalized spacial score (nSPS) is 19.8. The molecule has 1 aliphatic carbocycles. The highest BCUT2D eigenvalue weighted by Gasteiger charge is 2.21. The molecule has 1 N–H and O–H groups in total. The molecule has 1 aliphatic rings. The molecule has 0 aliphatic heterocycles. The van der Waals surface area contributed by atoms with Crippen molar-refractivity contribution >= 4 is 5.78 Å². The van der Waals surface area contributed by atoms with Crippen LogP contribution in [0.1, 0.15) is 71.1 Å². The van der Waals surface area contributed by atoms with Crippen molar-refractivity contribution < 1.29 is 9.90 Å².